The predicted octanol–water partition coefficient (Wildman–Crippen LogP) is 1.32. The van der Waals surface area contributed by atoms with Gasteiger partial charge in [0, 0.05) is 45.1 Å². The molecule has 0 aliphatic carbocycles. The number of ether oxygens (including phenoxy) is 2. The third-order valence-electron chi connectivity index (χ3n) is 3.89. The molecular weight excluding hydrogens is 483 g/mol. The van der Waals surface area contributed by atoms with Crippen molar-refractivity contribution in [1.82, 2.24) is 15.4 Å². The number of hydrogen-bond donors (Lipinski definition) is 3. The van der Waals surface area contributed by atoms with Gasteiger partial charge in [-0.05, 0) is 46.0 Å². The highest BCUT2D eigenvalue weighted by Crippen LogP contribution is 2.14. The largest absolute Gasteiger partial charge is 0.381 e. The Morgan fingerprint density at radius 2 is 1.93 bits per heavy atom. The third-order valence-corrected chi connectivity index (χ3v) is 4.81. The Hall–Kier alpha value is -0.170. The molecule has 1 fully saturated rings. The van der Waals surface area contributed by atoms with Crippen LogP contribution in [-0.4, -0.2) is 72.2 Å². The van der Waals surface area contributed by atoms with Gasteiger partial charge in [0.05, 0.1) is 12.8 Å². The summed E-state index contributed by atoms with van der Waals surface area (Å²) in [6, 6.07) is 0. The van der Waals surface area contributed by atoms with E-state index in [0.717, 1.165) is 58.4 Å². The normalized spacial score (nSPS) is 16.7. The van der Waals surface area contributed by atoms with Gasteiger partial charge in [-0.3, -0.25) is 4.99 Å². The number of rotatable bonds is 11. The molecule has 1 heterocycles. The highest BCUT2D eigenvalue weighted by molar-refractivity contribution is 14.0. The summed E-state index contributed by atoms with van der Waals surface area (Å²) in [5.74, 6) is 1.31. The smallest absolute Gasteiger partial charge is 0.209 e. The van der Waals surface area contributed by atoms with Gasteiger partial charge in [-0.15, -0.1) is 24.0 Å². The van der Waals surface area contributed by atoms with Crippen LogP contribution in [-0.2, 0) is 19.5 Å². The van der Waals surface area contributed by atoms with Crippen LogP contribution in [0.5, 0.6) is 0 Å². The molecule has 1 saturated heterocycles. The Labute approximate surface area is 181 Å². The number of guanidine groups is 1. The third kappa shape index (κ3) is 14.5. The van der Waals surface area contributed by atoms with Crippen molar-refractivity contribution < 1.29 is 17.9 Å². The van der Waals surface area contributed by atoms with E-state index in [-0.39, 0.29) is 24.0 Å². The van der Waals surface area contributed by atoms with E-state index in [2.05, 4.69) is 20.3 Å². The van der Waals surface area contributed by atoms with Crippen LogP contribution in [0.3, 0.4) is 0 Å². The average molecular weight is 520 g/mol. The molecule has 1 aliphatic heterocycles. The maximum absolute atomic E-state index is 11.4. The van der Waals surface area contributed by atoms with Gasteiger partial charge in [-0.1, -0.05) is 0 Å². The minimum Gasteiger partial charge on any atom is -0.381 e. The fourth-order valence-corrected chi connectivity index (χ4v) is 3.77. The highest BCUT2D eigenvalue weighted by atomic mass is 127. The Morgan fingerprint density at radius 3 is 2.52 bits per heavy atom. The molecule has 162 valence electrons. The van der Waals surface area contributed by atoms with Crippen LogP contribution in [0.25, 0.3) is 0 Å². The molecule has 0 bridgehead atoms. The van der Waals surface area contributed by atoms with E-state index in [1.165, 1.54) is 0 Å². The summed E-state index contributed by atoms with van der Waals surface area (Å²) in [6.07, 6.45) is 4.22. The molecule has 1 rings (SSSR count). The number of halogens is 1. The first kappa shape index (κ1) is 26.8. The van der Waals surface area contributed by atoms with Crippen molar-refractivity contribution in [2.24, 2.45) is 10.9 Å². The molecule has 1 aliphatic rings. The van der Waals surface area contributed by atoms with E-state index in [1.54, 1.807) is 0 Å². The number of nitrogens with one attached hydrogen (secondary N) is 3. The van der Waals surface area contributed by atoms with Crippen LogP contribution < -0.4 is 15.4 Å². The molecule has 0 amide bonds. The first-order chi connectivity index (χ1) is 12.2. The van der Waals surface area contributed by atoms with E-state index in [0.29, 0.717) is 25.0 Å². The number of hydrogen-bond acceptors (Lipinski definition) is 5. The molecule has 0 saturated carbocycles. The maximum atomic E-state index is 11.4. The molecule has 0 unspecified atom stereocenters. The van der Waals surface area contributed by atoms with Crippen molar-refractivity contribution >= 4 is 40.0 Å². The van der Waals surface area contributed by atoms with E-state index in [1.807, 2.05) is 20.8 Å². The first-order valence-corrected chi connectivity index (χ1v) is 11.3. The van der Waals surface area contributed by atoms with Crippen LogP contribution in [0, 0.1) is 5.92 Å². The minimum atomic E-state index is -3.26. The molecule has 27 heavy (non-hydrogen) atoms. The van der Waals surface area contributed by atoms with Gasteiger partial charge in [0.1, 0.15) is 0 Å². The SMILES string of the molecule is CCNC(=NCC(C)(C)NS(C)(=O)=O)NCCCOCC1CCOCC1.I. The summed E-state index contributed by atoms with van der Waals surface area (Å²) in [4.78, 5) is 4.47. The molecule has 0 radical (unpaired) electrons. The van der Waals surface area contributed by atoms with Gasteiger partial charge < -0.3 is 20.1 Å². The lowest BCUT2D eigenvalue weighted by atomic mass is 10.0. The second-order valence-corrected chi connectivity index (χ2v) is 9.11. The molecule has 0 atom stereocenters. The molecule has 0 aromatic heterocycles. The van der Waals surface area contributed by atoms with Crippen molar-refractivity contribution in [1.29, 1.82) is 0 Å². The fourth-order valence-electron chi connectivity index (χ4n) is 2.70. The fraction of sp³-hybridized carbons (Fsp3) is 0.941. The van der Waals surface area contributed by atoms with Gasteiger partial charge in [0.2, 0.25) is 10.0 Å². The predicted molar refractivity (Wildman–Crippen MR) is 120 cm³/mol. The molecular formula is C17H37IN4O4S. The number of sulfonamides is 1. The standard InChI is InChI=1S/C17H36N4O4S.HI/c1-5-18-16(20-14-17(2,3)21-26(4,22)23)19-9-6-10-25-13-15-7-11-24-12-8-15;/h15,21H,5-14H2,1-4H3,(H2,18,19,20);1H. The minimum absolute atomic E-state index is 0. The van der Waals surface area contributed by atoms with Crippen LogP contribution >= 0.6 is 24.0 Å². The molecule has 0 spiro atoms. The Kier molecular flexibility index (Phi) is 13.8. The van der Waals surface area contributed by atoms with Crippen molar-refractivity contribution in [3.8, 4) is 0 Å². The van der Waals surface area contributed by atoms with Gasteiger partial charge in [-0.2, -0.15) is 0 Å². The van der Waals surface area contributed by atoms with Gasteiger partial charge in [-0.25, -0.2) is 13.1 Å². The molecule has 3 N–H and O–H groups in total. The summed E-state index contributed by atoms with van der Waals surface area (Å²) >= 11 is 0. The summed E-state index contributed by atoms with van der Waals surface area (Å²) in [6.45, 7) is 10.7. The van der Waals surface area contributed by atoms with Gasteiger partial charge in [0.15, 0.2) is 5.96 Å². The lowest BCUT2D eigenvalue weighted by Crippen LogP contribution is -2.46. The van der Waals surface area contributed by atoms with E-state index in [9.17, 15) is 8.42 Å². The zero-order chi connectivity index (χ0) is 19.5. The second kappa shape index (κ2) is 13.9. The molecule has 0 aromatic rings. The first-order valence-electron chi connectivity index (χ1n) is 9.38. The summed E-state index contributed by atoms with van der Waals surface area (Å²) in [5, 5.41) is 6.42. The monoisotopic (exact) mass is 520 g/mol. The lowest BCUT2D eigenvalue weighted by Gasteiger charge is -2.23. The second-order valence-electron chi connectivity index (χ2n) is 7.36. The van der Waals surface area contributed by atoms with Crippen molar-refractivity contribution in [3.63, 3.8) is 0 Å². The summed E-state index contributed by atoms with van der Waals surface area (Å²) in [5.41, 5.74) is -0.636. The van der Waals surface area contributed by atoms with Crippen LogP contribution in [0.1, 0.15) is 40.0 Å². The van der Waals surface area contributed by atoms with Crippen molar-refractivity contribution in [2.75, 3.05) is 52.3 Å². The van der Waals surface area contributed by atoms with Crippen molar-refractivity contribution in [3.05, 3.63) is 0 Å². The van der Waals surface area contributed by atoms with E-state index < -0.39 is 15.6 Å². The zero-order valence-electron chi connectivity index (χ0n) is 17.0. The van der Waals surface area contributed by atoms with E-state index >= 15 is 0 Å². The van der Waals surface area contributed by atoms with E-state index in [4.69, 9.17) is 9.47 Å². The highest BCUT2D eigenvalue weighted by Gasteiger charge is 2.21. The average Bonchev–Trinajstić information content (AvgIpc) is 2.54. The Balaban J connectivity index is 0.00000676. The van der Waals surface area contributed by atoms with Gasteiger partial charge >= 0.3 is 0 Å². The number of aliphatic imine (C=N–C) groups is 1. The number of nitrogens with zero attached hydrogens (tertiary/aromatic N) is 1. The topological polar surface area (TPSA) is 101 Å². The Morgan fingerprint density at radius 1 is 1.26 bits per heavy atom. The molecule has 0 aromatic carbocycles. The quantitative estimate of drug-likeness (QED) is 0.165. The maximum Gasteiger partial charge on any atom is 0.209 e. The molecule has 8 nitrogen and oxygen atoms in total. The van der Waals surface area contributed by atoms with Crippen LogP contribution in [0.2, 0.25) is 0 Å². The van der Waals surface area contributed by atoms with Crippen LogP contribution in [0.4, 0.5) is 0 Å². The van der Waals surface area contributed by atoms with Crippen molar-refractivity contribution in [2.45, 2.75) is 45.6 Å². The summed E-state index contributed by atoms with van der Waals surface area (Å²) < 4.78 is 36.5. The lowest BCUT2D eigenvalue weighted by molar-refractivity contribution is 0.0203. The molecule has 10 heteroatoms. The van der Waals surface area contributed by atoms with Crippen LogP contribution in [0.15, 0.2) is 4.99 Å². The Bertz CT molecular complexity index is 523. The zero-order valence-corrected chi connectivity index (χ0v) is 20.2. The van der Waals surface area contributed by atoms with Gasteiger partial charge in [0.25, 0.3) is 0 Å². The summed E-state index contributed by atoms with van der Waals surface area (Å²) in [7, 11) is -3.26.